The van der Waals surface area contributed by atoms with Crippen LogP contribution in [0.1, 0.15) is 51.0 Å². The fraction of sp³-hybridized carbons (Fsp3) is 0.812. The van der Waals surface area contributed by atoms with Crippen molar-refractivity contribution in [3.05, 3.63) is 17.3 Å². The maximum atomic E-state index is 12.6. The molecule has 1 aromatic rings. The van der Waals surface area contributed by atoms with Crippen LogP contribution in [0.2, 0.25) is 0 Å². The third-order valence-corrected chi connectivity index (χ3v) is 8.53. The molecule has 0 N–H and O–H groups in total. The van der Waals surface area contributed by atoms with Gasteiger partial charge in [0.05, 0.1) is 29.5 Å². The average Bonchev–Trinajstić information content (AvgIpc) is 3.07. The fourth-order valence-electron chi connectivity index (χ4n) is 3.28. The molecule has 1 saturated heterocycles. The molecule has 0 radical (unpaired) electrons. The number of fused-ring (bicyclic) bond motifs is 1. The van der Waals surface area contributed by atoms with Crippen LogP contribution in [0.3, 0.4) is 0 Å². The fourth-order valence-corrected chi connectivity index (χ4v) is 6.77. The van der Waals surface area contributed by atoms with E-state index in [9.17, 15) is 16.8 Å². The molecule has 0 aromatic carbocycles. The van der Waals surface area contributed by atoms with Crippen molar-refractivity contribution in [1.29, 1.82) is 0 Å². The molecule has 3 heterocycles. The van der Waals surface area contributed by atoms with Gasteiger partial charge in [0.15, 0.2) is 15.7 Å². The van der Waals surface area contributed by atoms with E-state index in [1.807, 2.05) is 20.8 Å². The van der Waals surface area contributed by atoms with E-state index in [0.29, 0.717) is 37.4 Å². The van der Waals surface area contributed by atoms with E-state index < -0.39 is 19.9 Å². The lowest BCUT2D eigenvalue weighted by Gasteiger charge is -2.25. The van der Waals surface area contributed by atoms with Gasteiger partial charge in [0.2, 0.25) is 10.0 Å². The molecule has 2 aliphatic rings. The molecule has 1 unspecified atom stereocenters. The van der Waals surface area contributed by atoms with Crippen LogP contribution in [0.5, 0.6) is 0 Å². The summed E-state index contributed by atoms with van der Waals surface area (Å²) in [5.74, 6) is 1.65. The Hall–Kier alpha value is -0.930. The zero-order valence-electron chi connectivity index (χ0n) is 15.0. The van der Waals surface area contributed by atoms with Gasteiger partial charge < -0.3 is 4.42 Å². The van der Waals surface area contributed by atoms with Gasteiger partial charge in [-0.3, -0.25) is 0 Å². The quantitative estimate of drug-likeness (QED) is 0.772. The molecule has 0 bridgehead atoms. The second-order valence-electron chi connectivity index (χ2n) is 8.10. The number of rotatable bonds is 4. The van der Waals surface area contributed by atoms with E-state index in [-0.39, 0.29) is 35.1 Å². The zero-order valence-corrected chi connectivity index (χ0v) is 16.6. The van der Waals surface area contributed by atoms with Crippen molar-refractivity contribution >= 4 is 19.9 Å². The summed E-state index contributed by atoms with van der Waals surface area (Å²) in [4.78, 5) is 4.49. The van der Waals surface area contributed by atoms with E-state index in [2.05, 4.69) is 4.98 Å². The molecule has 0 saturated carbocycles. The first-order chi connectivity index (χ1) is 11.5. The van der Waals surface area contributed by atoms with Gasteiger partial charge in [0, 0.05) is 18.4 Å². The Morgan fingerprint density at radius 1 is 1.32 bits per heavy atom. The summed E-state index contributed by atoms with van der Waals surface area (Å²) in [5, 5.41) is 0. The Bertz CT molecular complexity index is 850. The van der Waals surface area contributed by atoms with E-state index in [1.165, 1.54) is 4.31 Å². The average molecular weight is 391 g/mol. The van der Waals surface area contributed by atoms with Crippen molar-refractivity contribution in [2.24, 2.45) is 5.92 Å². The first-order valence-electron chi connectivity index (χ1n) is 8.64. The van der Waals surface area contributed by atoms with Gasteiger partial charge in [-0.15, -0.1) is 0 Å². The molecule has 9 heteroatoms. The Morgan fingerprint density at radius 2 is 2.04 bits per heavy atom. The lowest BCUT2D eigenvalue weighted by Crippen LogP contribution is -2.37. The molecule has 1 atom stereocenters. The summed E-state index contributed by atoms with van der Waals surface area (Å²) < 4.78 is 55.5. The van der Waals surface area contributed by atoms with Crippen LogP contribution in [0.15, 0.2) is 4.42 Å². The predicted octanol–water partition coefficient (Wildman–Crippen LogP) is 1.48. The number of hydrogen-bond acceptors (Lipinski definition) is 6. The first kappa shape index (κ1) is 18.8. The number of nitrogens with zero attached hydrogens (tertiary/aromatic N) is 2. The van der Waals surface area contributed by atoms with Crippen molar-refractivity contribution < 1.29 is 21.3 Å². The maximum absolute atomic E-state index is 12.6. The number of oxazole rings is 1. The summed E-state index contributed by atoms with van der Waals surface area (Å²) >= 11 is 0. The topological polar surface area (TPSA) is 97.6 Å². The van der Waals surface area contributed by atoms with Crippen LogP contribution in [-0.4, -0.2) is 49.9 Å². The van der Waals surface area contributed by atoms with Crippen LogP contribution < -0.4 is 0 Å². The molecule has 25 heavy (non-hydrogen) atoms. The zero-order chi connectivity index (χ0) is 18.5. The van der Waals surface area contributed by atoms with Gasteiger partial charge in [-0.2, -0.15) is 4.31 Å². The molecular formula is C16H26N2O5S2. The molecule has 142 valence electrons. The van der Waals surface area contributed by atoms with Gasteiger partial charge >= 0.3 is 0 Å². The lowest BCUT2D eigenvalue weighted by atomic mass is 9.97. The first-order valence-corrected chi connectivity index (χ1v) is 12.1. The minimum atomic E-state index is -3.42. The van der Waals surface area contributed by atoms with Crippen LogP contribution in [0, 0.1) is 5.92 Å². The van der Waals surface area contributed by atoms with Gasteiger partial charge in [-0.25, -0.2) is 21.8 Å². The Morgan fingerprint density at radius 3 is 2.64 bits per heavy atom. The molecule has 0 amide bonds. The van der Waals surface area contributed by atoms with Gasteiger partial charge in [0.1, 0.15) is 5.76 Å². The van der Waals surface area contributed by atoms with E-state index in [4.69, 9.17) is 4.42 Å². The monoisotopic (exact) mass is 390 g/mol. The van der Waals surface area contributed by atoms with Crippen molar-refractivity contribution in [2.75, 3.05) is 23.8 Å². The van der Waals surface area contributed by atoms with Gasteiger partial charge in [-0.05, 0) is 18.8 Å². The van der Waals surface area contributed by atoms with E-state index in [0.717, 1.165) is 5.76 Å². The Labute approximate surface area is 149 Å². The molecule has 0 spiro atoms. The number of sulfonamides is 1. The minimum Gasteiger partial charge on any atom is -0.445 e. The van der Waals surface area contributed by atoms with Crippen LogP contribution >= 0.6 is 0 Å². The van der Waals surface area contributed by atoms with Crippen LogP contribution in [-0.2, 0) is 38.2 Å². The molecular weight excluding hydrogens is 364 g/mol. The predicted molar refractivity (Wildman–Crippen MR) is 94.5 cm³/mol. The largest absolute Gasteiger partial charge is 0.445 e. The highest BCUT2D eigenvalue weighted by Gasteiger charge is 2.34. The summed E-state index contributed by atoms with van der Waals surface area (Å²) in [6, 6.07) is 0. The molecule has 1 fully saturated rings. The van der Waals surface area contributed by atoms with Crippen LogP contribution in [0.25, 0.3) is 0 Å². The van der Waals surface area contributed by atoms with Crippen molar-refractivity contribution in [3.63, 3.8) is 0 Å². The number of sulfone groups is 1. The number of aromatic nitrogens is 1. The smallest absolute Gasteiger partial charge is 0.214 e. The second-order valence-corrected chi connectivity index (χ2v) is 12.4. The second kappa shape index (κ2) is 6.35. The van der Waals surface area contributed by atoms with E-state index >= 15 is 0 Å². The highest BCUT2D eigenvalue weighted by atomic mass is 32.2. The summed E-state index contributed by atoms with van der Waals surface area (Å²) in [5.41, 5.74) is 0.484. The third-order valence-electron chi connectivity index (χ3n) is 4.84. The lowest BCUT2D eigenvalue weighted by molar-refractivity contribution is 0.338. The molecule has 1 aromatic heterocycles. The summed E-state index contributed by atoms with van der Waals surface area (Å²) in [6.07, 6.45) is 1.49. The SMILES string of the molecule is CC(C)(C)c1nc2c(o1)CCN(S(=O)(=O)CCC1CCS(=O)(=O)C1)C2. The third kappa shape index (κ3) is 4.25. The van der Waals surface area contributed by atoms with E-state index in [1.54, 1.807) is 0 Å². The molecule has 2 aliphatic heterocycles. The normalized spacial score (nSPS) is 24.4. The Balaban J connectivity index is 1.65. The minimum absolute atomic E-state index is 0.00744. The standard InChI is InChI=1S/C16H26N2O5S2/c1-16(2,3)15-17-13-10-18(7-4-14(13)23-15)25(21,22)9-6-12-5-8-24(19,20)11-12/h12H,4-11H2,1-3H3. The van der Waals surface area contributed by atoms with Crippen molar-refractivity contribution in [3.8, 4) is 0 Å². The highest BCUT2D eigenvalue weighted by molar-refractivity contribution is 7.91. The molecule has 7 nitrogen and oxygen atoms in total. The van der Waals surface area contributed by atoms with Crippen LogP contribution in [0.4, 0.5) is 0 Å². The molecule has 0 aliphatic carbocycles. The highest BCUT2D eigenvalue weighted by Crippen LogP contribution is 2.29. The van der Waals surface area contributed by atoms with Crippen molar-refractivity contribution in [2.45, 2.75) is 52.0 Å². The maximum Gasteiger partial charge on any atom is 0.214 e. The van der Waals surface area contributed by atoms with Gasteiger partial charge in [0.25, 0.3) is 0 Å². The van der Waals surface area contributed by atoms with Crippen molar-refractivity contribution in [1.82, 2.24) is 9.29 Å². The summed E-state index contributed by atoms with van der Waals surface area (Å²) in [6.45, 7) is 6.65. The van der Waals surface area contributed by atoms with Gasteiger partial charge in [-0.1, -0.05) is 20.8 Å². The Kier molecular flexibility index (Phi) is 4.79. The molecule has 3 rings (SSSR count). The number of hydrogen-bond donors (Lipinski definition) is 0. The summed E-state index contributed by atoms with van der Waals surface area (Å²) in [7, 11) is -6.39.